The van der Waals surface area contributed by atoms with Gasteiger partial charge in [0.05, 0.1) is 11.5 Å². The number of hydrogen-bond acceptors (Lipinski definition) is 2. The van der Waals surface area contributed by atoms with E-state index in [-0.39, 0.29) is 10.6 Å². The molecule has 2 unspecified atom stereocenters. The number of alkyl halides is 5. The maximum absolute atomic E-state index is 13.0. The van der Waals surface area contributed by atoms with Crippen molar-refractivity contribution in [2.75, 3.05) is 0 Å². The van der Waals surface area contributed by atoms with E-state index in [0.717, 1.165) is 12.1 Å². The molecule has 1 saturated carbocycles. The summed E-state index contributed by atoms with van der Waals surface area (Å²) in [6.45, 7) is 0. The van der Waals surface area contributed by atoms with Gasteiger partial charge in [-0.15, -0.1) is 23.2 Å². The van der Waals surface area contributed by atoms with Crippen LogP contribution in [0.25, 0.3) is 0 Å². The molecule has 28 heavy (non-hydrogen) atoms. The molecular formula is C18H12Cl3F3N2O2. The highest BCUT2D eigenvalue weighted by atomic mass is 35.5. The van der Waals surface area contributed by atoms with Crippen LogP contribution in [0, 0.1) is 5.92 Å². The van der Waals surface area contributed by atoms with E-state index in [4.69, 9.17) is 34.8 Å². The minimum atomic E-state index is -4.61. The maximum Gasteiger partial charge on any atom is 0.416 e. The van der Waals surface area contributed by atoms with Crippen LogP contribution in [-0.4, -0.2) is 16.1 Å². The quantitative estimate of drug-likeness (QED) is 0.525. The Hall–Kier alpha value is -1.96. The summed E-state index contributed by atoms with van der Waals surface area (Å²) in [5.41, 5.74) is 3.83. The molecule has 4 nitrogen and oxygen atoms in total. The van der Waals surface area contributed by atoms with Crippen LogP contribution in [0.4, 0.5) is 13.2 Å². The Morgan fingerprint density at radius 2 is 1.64 bits per heavy atom. The van der Waals surface area contributed by atoms with Crippen LogP contribution in [0.3, 0.4) is 0 Å². The van der Waals surface area contributed by atoms with Gasteiger partial charge in [0.2, 0.25) is 5.91 Å². The van der Waals surface area contributed by atoms with Crippen LogP contribution in [0.5, 0.6) is 0 Å². The third kappa shape index (κ3) is 4.21. The van der Waals surface area contributed by atoms with E-state index >= 15 is 0 Å². The lowest BCUT2D eigenvalue weighted by Crippen LogP contribution is -2.43. The predicted octanol–water partition coefficient (Wildman–Crippen LogP) is 4.71. The van der Waals surface area contributed by atoms with Gasteiger partial charge in [-0.1, -0.05) is 29.8 Å². The smallest absolute Gasteiger partial charge is 0.273 e. The van der Waals surface area contributed by atoms with Gasteiger partial charge in [0, 0.05) is 16.5 Å². The fourth-order valence-corrected chi connectivity index (χ4v) is 3.95. The van der Waals surface area contributed by atoms with E-state index in [0.29, 0.717) is 5.56 Å². The van der Waals surface area contributed by atoms with E-state index in [9.17, 15) is 22.8 Å². The third-order valence-corrected chi connectivity index (χ3v) is 5.44. The molecule has 2 aromatic rings. The van der Waals surface area contributed by atoms with Crippen LogP contribution < -0.4 is 10.9 Å². The summed E-state index contributed by atoms with van der Waals surface area (Å²) in [6.07, 6.45) is -4.61. The average Bonchev–Trinajstić information content (AvgIpc) is 3.21. The number of halogens is 6. The second-order valence-corrected chi connectivity index (χ2v) is 8.09. The van der Waals surface area contributed by atoms with E-state index in [1.165, 1.54) is 6.07 Å². The lowest BCUT2D eigenvalue weighted by atomic mass is 10.1. The predicted molar refractivity (Wildman–Crippen MR) is 99.2 cm³/mol. The average molecular weight is 452 g/mol. The molecule has 0 bridgehead atoms. The van der Waals surface area contributed by atoms with Crippen molar-refractivity contribution in [3.63, 3.8) is 0 Å². The summed E-state index contributed by atoms with van der Waals surface area (Å²) < 4.78 is 37.4. The van der Waals surface area contributed by atoms with Crippen molar-refractivity contribution in [3.05, 3.63) is 70.2 Å². The van der Waals surface area contributed by atoms with Gasteiger partial charge < -0.3 is 0 Å². The number of carbonyl (C=O) groups is 2. The lowest BCUT2D eigenvalue weighted by molar-refractivity contribution is -0.137. The van der Waals surface area contributed by atoms with Gasteiger partial charge in [0.1, 0.15) is 4.33 Å². The number of amides is 2. The van der Waals surface area contributed by atoms with Gasteiger partial charge >= 0.3 is 6.18 Å². The molecule has 1 aliphatic carbocycles. The van der Waals surface area contributed by atoms with Gasteiger partial charge in [-0.25, -0.2) is 0 Å². The fourth-order valence-electron chi connectivity index (χ4n) is 2.88. The van der Waals surface area contributed by atoms with Crippen molar-refractivity contribution in [3.8, 4) is 0 Å². The number of nitrogens with one attached hydrogen (secondary N) is 2. The number of hydrogen-bond donors (Lipinski definition) is 2. The lowest BCUT2D eigenvalue weighted by Gasteiger charge is -2.10. The van der Waals surface area contributed by atoms with Gasteiger partial charge in [-0.2, -0.15) is 13.2 Å². The first-order chi connectivity index (χ1) is 13.0. The van der Waals surface area contributed by atoms with Crippen LogP contribution in [0.2, 0.25) is 5.02 Å². The highest BCUT2D eigenvalue weighted by Gasteiger charge is 2.68. The van der Waals surface area contributed by atoms with Crippen molar-refractivity contribution in [2.24, 2.45) is 5.92 Å². The Bertz CT molecular complexity index is 920. The van der Waals surface area contributed by atoms with E-state index in [1.807, 2.05) is 0 Å². The van der Waals surface area contributed by atoms with Crippen LogP contribution in [0.15, 0.2) is 48.5 Å². The first-order valence-corrected chi connectivity index (χ1v) is 9.06. The Balaban J connectivity index is 1.73. The van der Waals surface area contributed by atoms with Gasteiger partial charge in [0.15, 0.2) is 0 Å². The molecule has 10 heteroatoms. The number of benzene rings is 2. The summed E-state index contributed by atoms with van der Waals surface area (Å²) in [5, 5.41) is -0.155. The van der Waals surface area contributed by atoms with Gasteiger partial charge in [-0.05, 0) is 35.9 Å². The van der Waals surface area contributed by atoms with Crippen molar-refractivity contribution >= 4 is 46.6 Å². The maximum atomic E-state index is 13.0. The van der Waals surface area contributed by atoms with E-state index in [1.54, 1.807) is 30.3 Å². The van der Waals surface area contributed by atoms with E-state index in [2.05, 4.69) is 10.9 Å². The Morgan fingerprint density at radius 3 is 2.25 bits per heavy atom. The van der Waals surface area contributed by atoms with Crippen LogP contribution in [-0.2, 0) is 11.0 Å². The molecule has 0 radical (unpaired) electrons. The molecule has 148 valence electrons. The summed E-state index contributed by atoms with van der Waals surface area (Å²) in [4.78, 5) is 24.3. The molecule has 0 heterocycles. The summed E-state index contributed by atoms with van der Waals surface area (Å²) in [6, 6.07) is 11.0. The summed E-state index contributed by atoms with van der Waals surface area (Å²) >= 11 is 18.0. The molecule has 0 aliphatic heterocycles. The largest absolute Gasteiger partial charge is 0.416 e. The molecule has 1 fully saturated rings. The summed E-state index contributed by atoms with van der Waals surface area (Å²) in [5.74, 6) is -3.27. The topological polar surface area (TPSA) is 58.2 Å². The molecular weight excluding hydrogens is 440 g/mol. The zero-order chi connectivity index (χ0) is 20.7. The van der Waals surface area contributed by atoms with Crippen molar-refractivity contribution in [2.45, 2.75) is 16.4 Å². The molecule has 1 aliphatic rings. The number of hydrazine groups is 1. The second kappa shape index (κ2) is 7.46. The monoisotopic (exact) mass is 450 g/mol. The highest BCUT2D eigenvalue weighted by Crippen LogP contribution is 2.65. The Kier molecular flexibility index (Phi) is 5.53. The van der Waals surface area contributed by atoms with Crippen molar-refractivity contribution < 1.29 is 22.8 Å². The SMILES string of the molecule is O=C(NNC(=O)C1C(c2cc(Cl)cc(C(F)(F)F)c2)C1(Cl)Cl)c1ccccc1. The zero-order valence-electron chi connectivity index (χ0n) is 13.9. The first kappa shape index (κ1) is 20.8. The molecule has 2 amide bonds. The molecule has 0 spiro atoms. The molecule has 2 N–H and O–H groups in total. The normalized spacial score (nSPS) is 20.4. The molecule has 0 aromatic heterocycles. The van der Waals surface area contributed by atoms with Gasteiger partial charge in [-0.3, -0.25) is 20.4 Å². The fraction of sp³-hybridized carbons (Fsp3) is 0.222. The molecule has 3 rings (SSSR count). The Labute approximate surface area is 172 Å². The second-order valence-electron chi connectivity index (χ2n) is 6.21. The van der Waals surface area contributed by atoms with E-state index < -0.39 is 39.7 Å². The van der Waals surface area contributed by atoms with Gasteiger partial charge in [0.25, 0.3) is 5.91 Å². The molecule has 2 aromatic carbocycles. The number of carbonyl (C=O) groups excluding carboxylic acids is 2. The summed E-state index contributed by atoms with van der Waals surface area (Å²) in [7, 11) is 0. The molecule has 0 saturated heterocycles. The first-order valence-electron chi connectivity index (χ1n) is 7.92. The zero-order valence-corrected chi connectivity index (χ0v) is 16.1. The van der Waals surface area contributed by atoms with Crippen LogP contribution >= 0.6 is 34.8 Å². The molecule has 2 atom stereocenters. The minimum absolute atomic E-state index is 0.0827. The van der Waals surface area contributed by atoms with Crippen molar-refractivity contribution in [1.29, 1.82) is 0 Å². The van der Waals surface area contributed by atoms with Crippen molar-refractivity contribution in [1.82, 2.24) is 10.9 Å². The Morgan fingerprint density at radius 1 is 1.00 bits per heavy atom. The van der Waals surface area contributed by atoms with Crippen LogP contribution in [0.1, 0.15) is 27.4 Å². The third-order valence-electron chi connectivity index (χ3n) is 4.28. The minimum Gasteiger partial charge on any atom is -0.273 e. The number of rotatable bonds is 3. The highest BCUT2D eigenvalue weighted by molar-refractivity contribution is 6.53. The standard InChI is InChI=1S/C18H12Cl3F3N2O2/c19-12-7-10(6-11(8-12)18(22,23)24)13-14(17(13,20)21)16(28)26-25-15(27)9-4-2-1-3-5-9/h1-8,13-14H,(H,25,27)(H,26,28).